The molecule has 0 aliphatic carbocycles. The van der Waals surface area contributed by atoms with Crippen molar-refractivity contribution >= 4 is 23.1 Å². The van der Waals surface area contributed by atoms with E-state index in [9.17, 15) is 22.8 Å². The fourth-order valence-electron chi connectivity index (χ4n) is 3.03. The molecule has 0 unspecified atom stereocenters. The Kier molecular flexibility index (Phi) is 6.99. The fourth-order valence-corrected chi connectivity index (χ4v) is 3.03. The third-order valence-corrected chi connectivity index (χ3v) is 4.65. The Morgan fingerprint density at radius 1 is 1.11 bits per heavy atom. The molecule has 0 atom stereocenters. The Balaban J connectivity index is 0.000000214. The molecule has 13 heteroatoms. The SMILES string of the molecule is COc1cc(N)c(C(C)=O)cc1OC.O=C(O)c1cc2nc(-c3ccco3)cc(C(F)(F)F)n2n1. The summed E-state index contributed by atoms with van der Waals surface area (Å²) in [5.41, 5.74) is 4.57. The highest BCUT2D eigenvalue weighted by atomic mass is 19.4. The summed E-state index contributed by atoms with van der Waals surface area (Å²) in [4.78, 5) is 25.9. The van der Waals surface area contributed by atoms with E-state index in [4.69, 9.17) is 24.7 Å². The van der Waals surface area contributed by atoms with E-state index in [1.54, 1.807) is 12.1 Å². The maximum Gasteiger partial charge on any atom is 0.433 e. The zero-order valence-electron chi connectivity index (χ0n) is 18.6. The van der Waals surface area contributed by atoms with E-state index in [2.05, 4.69) is 10.1 Å². The molecule has 0 fully saturated rings. The normalized spacial score (nSPS) is 11.0. The highest BCUT2D eigenvalue weighted by Gasteiger charge is 2.36. The van der Waals surface area contributed by atoms with Crippen molar-refractivity contribution in [3.8, 4) is 23.0 Å². The number of hydrogen-bond acceptors (Lipinski definition) is 8. The molecule has 0 bridgehead atoms. The average Bonchev–Trinajstić information content (AvgIpc) is 3.47. The smallest absolute Gasteiger partial charge is 0.433 e. The first-order valence-electron chi connectivity index (χ1n) is 9.73. The molecule has 0 saturated carbocycles. The van der Waals surface area contributed by atoms with Gasteiger partial charge < -0.3 is 24.7 Å². The number of carbonyl (C=O) groups is 2. The zero-order valence-corrected chi connectivity index (χ0v) is 18.6. The van der Waals surface area contributed by atoms with Gasteiger partial charge in [0.2, 0.25) is 0 Å². The molecule has 0 spiro atoms. The van der Waals surface area contributed by atoms with E-state index in [0.717, 1.165) is 12.1 Å². The van der Waals surface area contributed by atoms with Crippen LogP contribution in [0.1, 0.15) is 33.5 Å². The van der Waals surface area contributed by atoms with Crippen LogP contribution >= 0.6 is 0 Å². The number of carbonyl (C=O) groups excluding carboxylic acids is 1. The van der Waals surface area contributed by atoms with Crippen molar-refractivity contribution < 1.29 is 41.8 Å². The molecular weight excluding hydrogens is 473 g/mol. The second-order valence-electron chi connectivity index (χ2n) is 6.96. The fraction of sp³-hybridized carbons (Fsp3) is 0.182. The van der Waals surface area contributed by atoms with Gasteiger partial charge in [-0.05, 0) is 31.2 Å². The molecule has 0 amide bonds. The number of rotatable bonds is 5. The van der Waals surface area contributed by atoms with Gasteiger partial charge in [-0.15, -0.1) is 0 Å². The Hall–Kier alpha value is -4.55. The Morgan fingerprint density at radius 3 is 2.29 bits per heavy atom. The van der Waals surface area contributed by atoms with Gasteiger partial charge in [-0.1, -0.05) is 0 Å². The van der Waals surface area contributed by atoms with Crippen LogP contribution < -0.4 is 15.2 Å². The largest absolute Gasteiger partial charge is 0.493 e. The summed E-state index contributed by atoms with van der Waals surface area (Å²) in [6, 6.07) is 7.83. The molecule has 1 aromatic carbocycles. The van der Waals surface area contributed by atoms with E-state index < -0.39 is 23.5 Å². The molecule has 0 radical (unpaired) electrons. The number of carboxylic acids is 1. The van der Waals surface area contributed by atoms with Crippen LogP contribution in [-0.4, -0.2) is 45.7 Å². The van der Waals surface area contributed by atoms with Crippen molar-refractivity contribution in [2.45, 2.75) is 13.1 Å². The van der Waals surface area contributed by atoms with Crippen LogP contribution in [0.5, 0.6) is 11.5 Å². The van der Waals surface area contributed by atoms with Crippen LogP contribution in [0.25, 0.3) is 17.1 Å². The number of nitrogen functional groups attached to an aromatic ring is 1. The van der Waals surface area contributed by atoms with Crippen LogP contribution in [0.4, 0.5) is 18.9 Å². The van der Waals surface area contributed by atoms with E-state index in [1.807, 2.05) is 0 Å². The molecule has 184 valence electrons. The quantitative estimate of drug-likeness (QED) is 0.310. The van der Waals surface area contributed by atoms with Crippen molar-refractivity contribution in [2.24, 2.45) is 0 Å². The van der Waals surface area contributed by atoms with Gasteiger partial charge in [0, 0.05) is 23.4 Å². The third-order valence-electron chi connectivity index (χ3n) is 4.65. The van der Waals surface area contributed by atoms with Crippen molar-refractivity contribution in [3.63, 3.8) is 0 Å². The van der Waals surface area contributed by atoms with Crippen molar-refractivity contribution in [1.82, 2.24) is 14.6 Å². The second-order valence-corrected chi connectivity index (χ2v) is 6.96. The van der Waals surface area contributed by atoms with Crippen molar-refractivity contribution in [1.29, 1.82) is 0 Å². The van der Waals surface area contributed by atoms with Crippen LogP contribution in [0.15, 0.2) is 47.1 Å². The van der Waals surface area contributed by atoms with Gasteiger partial charge in [0.1, 0.15) is 5.69 Å². The molecule has 4 rings (SSSR count). The number of aromatic nitrogens is 3. The molecule has 10 nitrogen and oxygen atoms in total. The van der Waals surface area contributed by atoms with Crippen LogP contribution in [0.3, 0.4) is 0 Å². The predicted molar refractivity (Wildman–Crippen MR) is 117 cm³/mol. The van der Waals surface area contributed by atoms with E-state index >= 15 is 0 Å². The van der Waals surface area contributed by atoms with Gasteiger partial charge >= 0.3 is 12.1 Å². The number of fused-ring (bicyclic) bond motifs is 1. The minimum absolute atomic E-state index is 0.0586. The monoisotopic (exact) mass is 492 g/mol. The van der Waals surface area contributed by atoms with Gasteiger partial charge in [0.15, 0.2) is 40.1 Å². The first kappa shape index (κ1) is 25.1. The summed E-state index contributed by atoms with van der Waals surface area (Å²) >= 11 is 0. The first-order valence-corrected chi connectivity index (χ1v) is 9.73. The summed E-state index contributed by atoms with van der Waals surface area (Å²) in [6.07, 6.45) is -3.42. The van der Waals surface area contributed by atoms with E-state index in [1.165, 1.54) is 39.5 Å². The van der Waals surface area contributed by atoms with Gasteiger partial charge in [0.05, 0.1) is 20.5 Å². The van der Waals surface area contributed by atoms with E-state index in [0.29, 0.717) is 27.3 Å². The van der Waals surface area contributed by atoms with Crippen LogP contribution in [-0.2, 0) is 6.18 Å². The highest BCUT2D eigenvalue weighted by Crippen LogP contribution is 2.33. The molecule has 0 aliphatic heterocycles. The molecule has 3 N–H and O–H groups in total. The number of Topliss-reactive ketones (excluding diaryl/α,β-unsaturated/α-hetero) is 1. The summed E-state index contributed by atoms with van der Waals surface area (Å²) in [6.45, 7) is 1.46. The zero-order chi connectivity index (χ0) is 25.9. The number of halogens is 3. The maximum absolute atomic E-state index is 13.1. The summed E-state index contributed by atoms with van der Waals surface area (Å²) < 4.78 is 54.8. The molecule has 3 aromatic heterocycles. The lowest BCUT2D eigenvalue weighted by atomic mass is 10.1. The second kappa shape index (κ2) is 9.75. The number of nitrogens with two attached hydrogens (primary N) is 1. The lowest BCUT2D eigenvalue weighted by Crippen LogP contribution is -2.14. The lowest BCUT2D eigenvalue weighted by Gasteiger charge is -2.10. The number of carboxylic acid groups (broad SMARTS) is 1. The number of nitrogens with zero attached hydrogens (tertiary/aromatic N) is 3. The number of hydrogen-bond donors (Lipinski definition) is 2. The number of benzene rings is 1. The maximum atomic E-state index is 13.1. The molecule has 3 heterocycles. The number of ketones is 1. The lowest BCUT2D eigenvalue weighted by molar-refractivity contribution is -0.142. The van der Waals surface area contributed by atoms with Gasteiger partial charge in [-0.3, -0.25) is 4.79 Å². The summed E-state index contributed by atoms with van der Waals surface area (Å²) in [5, 5.41) is 12.2. The average molecular weight is 492 g/mol. The molecule has 4 aromatic rings. The topological polar surface area (TPSA) is 142 Å². The Bertz CT molecular complexity index is 1380. The Labute approximate surface area is 195 Å². The van der Waals surface area contributed by atoms with Gasteiger partial charge in [-0.25, -0.2) is 14.3 Å². The first-order chi connectivity index (χ1) is 16.5. The predicted octanol–water partition coefficient (Wildman–Crippen LogP) is 4.19. The Morgan fingerprint density at radius 2 is 1.77 bits per heavy atom. The number of furan rings is 1. The third kappa shape index (κ3) is 5.34. The number of aromatic carboxylic acids is 1. The van der Waals surface area contributed by atoms with Gasteiger partial charge in [-0.2, -0.15) is 18.3 Å². The molecule has 0 aliphatic rings. The number of anilines is 1. The highest BCUT2D eigenvalue weighted by molar-refractivity contribution is 6.00. The summed E-state index contributed by atoms with van der Waals surface area (Å²) in [5.74, 6) is -0.361. The summed E-state index contributed by atoms with van der Waals surface area (Å²) in [7, 11) is 3.03. The van der Waals surface area contributed by atoms with E-state index in [-0.39, 0.29) is 22.9 Å². The number of ether oxygens (including phenoxy) is 2. The van der Waals surface area contributed by atoms with Crippen molar-refractivity contribution in [3.05, 3.63) is 59.6 Å². The number of methoxy groups -OCH3 is 2. The van der Waals surface area contributed by atoms with Gasteiger partial charge in [0.25, 0.3) is 0 Å². The molecule has 35 heavy (non-hydrogen) atoms. The minimum Gasteiger partial charge on any atom is -0.493 e. The molecular formula is C22H19F3N4O6. The van der Waals surface area contributed by atoms with Crippen molar-refractivity contribution in [2.75, 3.05) is 20.0 Å². The van der Waals surface area contributed by atoms with Crippen LogP contribution in [0.2, 0.25) is 0 Å². The standard InChI is InChI=1S/C12H6F3N3O3.C10H13NO3/c13-12(14,15)9-4-6(8-2-1-3-21-8)16-10-5-7(11(19)20)17-18(9)10;1-6(12)7-4-9(13-2)10(14-3)5-8(7)11/h1-5H,(H,19,20);4-5H,11H2,1-3H3. The van der Waals surface area contributed by atoms with Crippen LogP contribution in [0, 0.1) is 0 Å². The minimum atomic E-state index is -4.72. The molecule has 0 saturated heterocycles. The number of alkyl halides is 3.